The summed E-state index contributed by atoms with van der Waals surface area (Å²) in [5, 5.41) is 52.7. The first-order valence-corrected chi connectivity index (χ1v) is 35.1. The van der Waals surface area contributed by atoms with Crippen molar-refractivity contribution in [3.05, 3.63) is 65.9 Å². The molecule has 30 nitrogen and oxygen atoms in total. The molecule has 2 bridgehead atoms. The number of aliphatic hydroxyl groups excluding tert-OH is 1. The Morgan fingerprint density at radius 2 is 0.946 bits per heavy atom. The molecule has 0 radical (unpaired) electrons. The monoisotopic (exact) mass is 1370 g/mol. The molecular formula is C59H85N15O15S4. The Morgan fingerprint density at radius 1 is 0.505 bits per heavy atom. The van der Waals surface area contributed by atoms with Gasteiger partial charge in [-0.3, -0.25) is 62.3 Å². The lowest BCUT2D eigenvalue weighted by atomic mass is 9.97. The van der Waals surface area contributed by atoms with Gasteiger partial charge in [-0.05, 0) is 75.8 Å². The van der Waals surface area contributed by atoms with Crippen LogP contribution >= 0.6 is 43.2 Å². The maximum Gasteiger partial charge on any atom is 0.245 e. The number of hydrogen-bond donors (Lipinski definition) is 17. The molecule has 0 unspecified atom stereocenters. The standard InChI is InChI=1S/C59H85N15O15S4/c1-10-27(4)45-58(88)66-29(6)49(79)63-28(5)48(78)64-30(7)51(81)70-42-24-92-93-25-43(56(86)73-45)71-53(83)39(19-33-15-17-35(76)18-16-33)67-50(80)31(8)65-57(87)44(26(2)3)72-52(82)37(60)22-90-91-23-41(47(61)77)69-59(89)46(32(9)75)74-54(84)40(68-55(42)85)20-34-21-62-38-14-12-11-13-36(34)38/h11-18,21,26-32,37,39-46,62,75-76H,10,19-20,22-25,60H2,1-9H3,(H2,61,77)(H,63,79)(H,64,78)(H,65,87)(H,66,88)(H,67,80)(H,68,85)(H,69,89)(H,70,81)(H,71,83)(H,72,82)(H,73,86)(H,74,84)/t27-,28-,29-,30-,31-,32+,37-,39-,40-,41-,42-,43-,44-,45-,46-/m0/s1. The summed E-state index contributed by atoms with van der Waals surface area (Å²) in [6.45, 7) is 13.1. The van der Waals surface area contributed by atoms with E-state index in [0.717, 1.165) is 43.2 Å². The summed E-state index contributed by atoms with van der Waals surface area (Å²) in [6.07, 6.45) is -0.257. The molecule has 2 fully saturated rings. The van der Waals surface area contributed by atoms with Gasteiger partial charge in [0.2, 0.25) is 76.8 Å². The third kappa shape index (κ3) is 22.7. The van der Waals surface area contributed by atoms with E-state index in [1.807, 2.05) is 0 Å². The maximum atomic E-state index is 14.9. The van der Waals surface area contributed by atoms with Crippen LogP contribution in [0.4, 0.5) is 0 Å². The molecule has 34 heteroatoms. The van der Waals surface area contributed by atoms with E-state index in [1.54, 1.807) is 58.2 Å². The largest absolute Gasteiger partial charge is 0.508 e. The van der Waals surface area contributed by atoms with Crippen molar-refractivity contribution >= 4 is 131 Å². The van der Waals surface area contributed by atoms with Crippen LogP contribution in [0.2, 0.25) is 0 Å². The first-order valence-electron chi connectivity index (χ1n) is 30.1. The van der Waals surface area contributed by atoms with Crippen LogP contribution in [0.1, 0.15) is 79.9 Å². The molecule has 19 N–H and O–H groups in total. The van der Waals surface area contributed by atoms with Crippen molar-refractivity contribution in [1.82, 2.24) is 68.8 Å². The van der Waals surface area contributed by atoms with Crippen molar-refractivity contribution < 1.29 is 72.5 Å². The lowest BCUT2D eigenvalue weighted by Gasteiger charge is -2.29. The van der Waals surface area contributed by atoms with Crippen molar-refractivity contribution in [2.75, 3.05) is 23.0 Å². The number of H-pyrrole nitrogens is 1. The number of benzene rings is 2. The summed E-state index contributed by atoms with van der Waals surface area (Å²) < 4.78 is 0. The second-order valence-corrected chi connectivity index (χ2v) is 28.2. The molecule has 2 saturated heterocycles. The Balaban J connectivity index is 1.63. The van der Waals surface area contributed by atoms with Crippen LogP contribution in [-0.4, -0.2) is 200 Å². The van der Waals surface area contributed by atoms with Gasteiger partial charge in [0.15, 0.2) is 0 Å². The Morgan fingerprint density at radius 3 is 1.51 bits per heavy atom. The minimum absolute atomic E-state index is 0.103. The third-order valence-electron chi connectivity index (χ3n) is 15.2. The number of nitrogens with one attached hydrogen (secondary N) is 13. The molecule has 93 heavy (non-hydrogen) atoms. The van der Waals surface area contributed by atoms with Crippen LogP contribution in [0.25, 0.3) is 10.9 Å². The van der Waals surface area contributed by atoms with Crippen molar-refractivity contribution in [3.63, 3.8) is 0 Å². The van der Waals surface area contributed by atoms with E-state index in [0.29, 0.717) is 28.5 Å². The number of aromatic nitrogens is 1. The van der Waals surface area contributed by atoms with Crippen LogP contribution in [0, 0.1) is 11.8 Å². The average molecular weight is 1370 g/mol. The summed E-state index contributed by atoms with van der Waals surface area (Å²) in [6, 6.07) is -6.08. The molecule has 2 aliphatic rings. The molecule has 13 amide bonds. The highest BCUT2D eigenvalue weighted by Gasteiger charge is 2.38. The molecule has 0 aliphatic carbocycles. The van der Waals surface area contributed by atoms with Gasteiger partial charge in [-0.2, -0.15) is 0 Å². The van der Waals surface area contributed by atoms with Gasteiger partial charge in [0.1, 0.15) is 78.3 Å². The number of carbonyl (C=O) groups excluding carboxylic acids is 13. The molecule has 3 aromatic rings. The predicted octanol–water partition coefficient (Wildman–Crippen LogP) is -2.76. The summed E-state index contributed by atoms with van der Waals surface area (Å²) in [5.41, 5.74) is 13.5. The first kappa shape index (κ1) is 75.9. The Labute approximate surface area is 553 Å². The second kappa shape index (κ2) is 36.0. The Bertz CT molecular complexity index is 3200. The van der Waals surface area contributed by atoms with Crippen molar-refractivity contribution in [2.24, 2.45) is 23.3 Å². The van der Waals surface area contributed by atoms with Gasteiger partial charge in [0.05, 0.1) is 12.1 Å². The van der Waals surface area contributed by atoms with Gasteiger partial charge in [0.25, 0.3) is 0 Å². The number of amides is 13. The fraction of sp³-hybridized carbons (Fsp3) is 0.542. The fourth-order valence-corrected chi connectivity index (χ4v) is 13.9. The van der Waals surface area contributed by atoms with Gasteiger partial charge in [0, 0.05) is 53.0 Å². The average Bonchev–Trinajstić information content (AvgIpc) is 1.83. The van der Waals surface area contributed by atoms with E-state index < -0.39 is 173 Å². The number of carbonyl (C=O) groups is 13. The number of aliphatic hydroxyl groups is 1. The van der Waals surface area contributed by atoms with E-state index in [4.69, 9.17) is 11.5 Å². The normalized spacial score (nSPS) is 28.4. The lowest BCUT2D eigenvalue weighted by Crippen LogP contribution is -2.62. The molecule has 510 valence electrons. The van der Waals surface area contributed by atoms with E-state index >= 15 is 0 Å². The summed E-state index contributed by atoms with van der Waals surface area (Å²) in [7, 11) is 3.81. The summed E-state index contributed by atoms with van der Waals surface area (Å²) in [5.74, 6) is -14.2. The molecule has 3 heterocycles. The van der Waals surface area contributed by atoms with Crippen LogP contribution in [0.3, 0.4) is 0 Å². The fourth-order valence-electron chi connectivity index (χ4n) is 9.27. The molecule has 0 spiro atoms. The Kier molecular flexibility index (Phi) is 29.4. The van der Waals surface area contributed by atoms with Gasteiger partial charge in [-0.1, -0.05) is 108 Å². The minimum atomic E-state index is -1.79. The van der Waals surface area contributed by atoms with Crippen LogP contribution in [0.15, 0.2) is 54.7 Å². The molecule has 1 aromatic heterocycles. The quantitative estimate of drug-likeness (QED) is 0.0965. The molecule has 2 aliphatic heterocycles. The topological polar surface area (TPSA) is 475 Å². The van der Waals surface area contributed by atoms with Gasteiger partial charge < -0.3 is 90.5 Å². The first-order chi connectivity index (χ1) is 43.9. The number of aromatic amines is 1. The number of primary amides is 1. The highest BCUT2D eigenvalue weighted by atomic mass is 33.1. The zero-order valence-electron chi connectivity index (χ0n) is 52.9. The number of nitrogens with two attached hydrogens (primary N) is 2. The lowest BCUT2D eigenvalue weighted by molar-refractivity contribution is -0.136. The van der Waals surface area contributed by atoms with Crippen molar-refractivity contribution in [3.8, 4) is 5.75 Å². The van der Waals surface area contributed by atoms with Gasteiger partial charge >= 0.3 is 0 Å². The van der Waals surface area contributed by atoms with E-state index in [9.17, 15) is 72.5 Å². The number of phenols is 1. The van der Waals surface area contributed by atoms with Crippen LogP contribution < -0.4 is 75.3 Å². The second-order valence-electron chi connectivity index (χ2n) is 23.1. The highest BCUT2D eigenvalue weighted by molar-refractivity contribution is 8.77. The predicted molar refractivity (Wildman–Crippen MR) is 353 cm³/mol. The minimum Gasteiger partial charge on any atom is -0.508 e. The van der Waals surface area contributed by atoms with E-state index in [1.165, 1.54) is 58.9 Å². The van der Waals surface area contributed by atoms with Crippen molar-refractivity contribution in [2.45, 2.75) is 166 Å². The van der Waals surface area contributed by atoms with Crippen LogP contribution in [-0.2, 0) is 75.2 Å². The smallest absolute Gasteiger partial charge is 0.245 e. The van der Waals surface area contributed by atoms with E-state index in [2.05, 4.69) is 68.8 Å². The number of rotatable bonds is 9. The number of fused-ring (bicyclic) bond motifs is 6. The Hall–Kier alpha value is -7.79. The molecule has 0 saturated carbocycles. The van der Waals surface area contributed by atoms with Gasteiger partial charge in [-0.25, -0.2) is 0 Å². The van der Waals surface area contributed by atoms with Crippen molar-refractivity contribution in [1.29, 1.82) is 0 Å². The molecular weight excluding hydrogens is 1290 g/mol. The zero-order chi connectivity index (χ0) is 69.0. The molecule has 2 aromatic carbocycles. The van der Waals surface area contributed by atoms with E-state index in [-0.39, 0.29) is 41.6 Å². The molecule has 5 rings (SSSR count). The number of para-hydroxylation sites is 1. The van der Waals surface area contributed by atoms with Crippen LogP contribution in [0.5, 0.6) is 5.75 Å². The third-order valence-corrected chi connectivity index (χ3v) is 20.1. The number of aromatic hydroxyl groups is 1. The van der Waals surface area contributed by atoms with Gasteiger partial charge in [-0.15, -0.1) is 0 Å². The zero-order valence-corrected chi connectivity index (χ0v) is 56.1. The number of phenolic OH excluding ortho intramolecular Hbond substituents is 1. The SMILES string of the molecule is CC[C@H](C)[C@@H]1NC(=O)[C@@H]2CSSC[C@H](NC(=O)[C@H](C)NC(=O)[C@H](C)NC(=O)[C@H](C)NC1=O)C(=O)N[C@@H](Cc1c[nH]c3ccccc13)C(=O)N[C@@H]([C@@H](C)O)C(=O)N[C@H](C(N)=O)CSSC[C@H](N)C(=O)N[C@@H](C(C)C)C(=O)N[C@@H](C)C(=O)N[C@@H](Cc1ccc(O)cc1)C(=O)N2. The number of hydrogen-bond acceptors (Lipinski definition) is 20. The molecule has 15 atom stereocenters. The summed E-state index contributed by atoms with van der Waals surface area (Å²) >= 11 is 0. The summed E-state index contributed by atoms with van der Waals surface area (Å²) in [4.78, 5) is 186. The highest BCUT2D eigenvalue weighted by Crippen LogP contribution is 2.26. The maximum absolute atomic E-state index is 14.9.